The zero-order valence-electron chi connectivity index (χ0n) is 10.5. The van der Waals surface area contributed by atoms with Gasteiger partial charge in [0.05, 0.1) is 0 Å². The molecule has 0 atom stereocenters. The van der Waals surface area contributed by atoms with Crippen LogP contribution in [0.2, 0.25) is 0 Å². The molecule has 0 aromatic heterocycles. The maximum absolute atomic E-state index is 11.0. The van der Waals surface area contributed by atoms with E-state index in [1.54, 1.807) is 6.92 Å². The van der Waals surface area contributed by atoms with Crippen molar-refractivity contribution in [1.82, 2.24) is 0 Å². The Labute approximate surface area is 98.1 Å². The van der Waals surface area contributed by atoms with Crippen LogP contribution in [0.15, 0.2) is 18.2 Å². The van der Waals surface area contributed by atoms with Crippen molar-refractivity contribution in [2.75, 3.05) is 5.32 Å². The van der Waals surface area contributed by atoms with Crippen LogP contribution in [0.5, 0.6) is 0 Å². The first-order valence-electron chi connectivity index (χ1n) is 6.06. The molecule has 0 aliphatic heterocycles. The smallest absolute Gasteiger partial charge is 0.221 e. The van der Waals surface area contributed by atoms with Crippen LogP contribution in [0.25, 0.3) is 0 Å². The Morgan fingerprint density at radius 2 is 1.75 bits per heavy atom. The zero-order valence-corrected chi connectivity index (χ0v) is 10.5. The van der Waals surface area contributed by atoms with E-state index in [2.05, 4.69) is 31.3 Å². The van der Waals surface area contributed by atoms with Crippen LogP contribution in [-0.2, 0) is 17.6 Å². The van der Waals surface area contributed by atoms with Crippen molar-refractivity contribution < 1.29 is 4.79 Å². The lowest BCUT2D eigenvalue weighted by Gasteiger charge is -2.10. The van der Waals surface area contributed by atoms with Gasteiger partial charge in [-0.05, 0) is 36.1 Å². The predicted octanol–water partition coefficient (Wildman–Crippen LogP) is 3.55. The molecule has 2 heteroatoms. The van der Waals surface area contributed by atoms with Crippen molar-refractivity contribution in [3.05, 3.63) is 29.3 Å². The first-order chi connectivity index (χ1) is 7.67. The molecule has 1 amide bonds. The Morgan fingerprint density at radius 1 is 1.12 bits per heavy atom. The molecular weight excluding hydrogens is 198 g/mol. The molecule has 0 heterocycles. The van der Waals surface area contributed by atoms with Crippen molar-refractivity contribution >= 4 is 11.6 Å². The zero-order chi connectivity index (χ0) is 12.0. The Morgan fingerprint density at radius 3 is 2.31 bits per heavy atom. The topological polar surface area (TPSA) is 29.1 Å². The van der Waals surface area contributed by atoms with Crippen molar-refractivity contribution in [3.63, 3.8) is 0 Å². The van der Waals surface area contributed by atoms with E-state index in [1.807, 2.05) is 6.07 Å². The number of hydrogen-bond acceptors (Lipinski definition) is 1. The maximum atomic E-state index is 11.0. The van der Waals surface area contributed by atoms with Crippen molar-refractivity contribution in [2.24, 2.45) is 0 Å². The monoisotopic (exact) mass is 219 g/mol. The summed E-state index contributed by atoms with van der Waals surface area (Å²) in [7, 11) is 0. The normalized spacial score (nSPS) is 10.2. The minimum Gasteiger partial charge on any atom is -0.326 e. The SMILES string of the molecule is CCCc1ccc(NC(C)=O)cc1CCC. The first-order valence-corrected chi connectivity index (χ1v) is 6.06. The summed E-state index contributed by atoms with van der Waals surface area (Å²) in [5.74, 6) is -0.00862. The lowest BCUT2D eigenvalue weighted by Crippen LogP contribution is -2.06. The van der Waals surface area contributed by atoms with Gasteiger partial charge >= 0.3 is 0 Å². The molecule has 16 heavy (non-hydrogen) atoms. The van der Waals surface area contributed by atoms with E-state index in [4.69, 9.17) is 0 Å². The molecule has 0 aliphatic rings. The van der Waals surface area contributed by atoms with Crippen LogP contribution in [0.4, 0.5) is 5.69 Å². The number of carbonyl (C=O) groups excluding carboxylic acids is 1. The average Bonchev–Trinajstić information content (AvgIpc) is 2.21. The Bertz CT molecular complexity index is 358. The fraction of sp³-hybridized carbons (Fsp3) is 0.500. The van der Waals surface area contributed by atoms with Gasteiger partial charge in [0.25, 0.3) is 0 Å². The van der Waals surface area contributed by atoms with Crippen molar-refractivity contribution in [3.8, 4) is 0 Å². The molecule has 1 aromatic rings. The Kier molecular flexibility index (Phi) is 5.03. The van der Waals surface area contributed by atoms with Crippen LogP contribution < -0.4 is 5.32 Å². The predicted molar refractivity (Wildman–Crippen MR) is 68.7 cm³/mol. The van der Waals surface area contributed by atoms with Gasteiger partial charge in [-0.3, -0.25) is 4.79 Å². The van der Waals surface area contributed by atoms with Crippen LogP contribution in [0.3, 0.4) is 0 Å². The standard InChI is InChI=1S/C14H21NO/c1-4-6-12-8-9-14(15-11(3)16)10-13(12)7-5-2/h8-10H,4-7H2,1-3H3,(H,15,16). The van der Waals surface area contributed by atoms with E-state index in [1.165, 1.54) is 11.1 Å². The Balaban J connectivity index is 2.92. The van der Waals surface area contributed by atoms with Gasteiger partial charge in [0.2, 0.25) is 5.91 Å². The van der Waals surface area contributed by atoms with Crippen molar-refractivity contribution in [2.45, 2.75) is 46.5 Å². The summed E-state index contributed by atoms with van der Waals surface area (Å²) < 4.78 is 0. The molecule has 1 N–H and O–H groups in total. The van der Waals surface area contributed by atoms with E-state index in [9.17, 15) is 4.79 Å². The molecule has 0 spiro atoms. The average molecular weight is 219 g/mol. The summed E-state index contributed by atoms with van der Waals surface area (Å²) in [5, 5.41) is 2.83. The van der Waals surface area contributed by atoms with E-state index >= 15 is 0 Å². The lowest BCUT2D eigenvalue weighted by molar-refractivity contribution is -0.114. The molecule has 0 unspecified atom stereocenters. The second-order valence-electron chi connectivity index (χ2n) is 4.16. The highest BCUT2D eigenvalue weighted by molar-refractivity contribution is 5.88. The lowest BCUT2D eigenvalue weighted by atomic mass is 9.99. The second-order valence-corrected chi connectivity index (χ2v) is 4.16. The quantitative estimate of drug-likeness (QED) is 0.806. The molecule has 0 fully saturated rings. The molecule has 0 saturated heterocycles. The van der Waals surface area contributed by atoms with Gasteiger partial charge in [0.15, 0.2) is 0 Å². The number of nitrogens with one attached hydrogen (secondary N) is 1. The fourth-order valence-corrected chi connectivity index (χ4v) is 1.92. The van der Waals surface area contributed by atoms with Crippen LogP contribution >= 0.6 is 0 Å². The van der Waals surface area contributed by atoms with Gasteiger partial charge in [0, 0.05) is 12.6 Å². The molecule has 0 saturated carbocycles. The van der Waals surface area contributed by atoms with E-state index in [-0.39, 0.29) is 5.91 Å². The maximum Gasteiger partial charge on any atom is 0.221 e. The summed E-state index contributed by atoms with van der Waals surface area (Å²) in [6.45, 7) is 5.91. The second kappa shape index (κ2) is 6.31. The van der Waals surface area contributed by atoms with Gasteiger partial charge in [-0.15, -0.1) is 0 Å². The molecule has 2 nitrogen and oxygen atoms in total. The fourth-order valence-electron chi connectivity index (χ4n) is 1.92. The van der Waals surface area contributed by atoms with E-state index in [0.717, 1.165) is 31.4 Å². The largest absolute Gasteiger partial charge is 0.326 e. The van der Waals surface area contributed by atoms with Crippen LogP contribution in [0, 0.1) is 0 Å². The summed E-state index contributed by atoms with van der Waals surface area (Å²) in [6.07, 6.45) is 4.51. The highest BCUT2D eigenvalue weighted by Crippen LogP contribution is 2.19. The van der Waals surface area contributed by atoms with Gasteiger partial charge in [-0.1, -0.05) is 32.8 Å². The summed E-state index contributed by atoms with van der Waals surface area (Å²) >= 11 is 0. The highest BCUT2D eigenvalue weighted by atomic mass is 16.1. The number of aryl methyl sites for hydroxylation is 2. The number of benzene rings is 1. The van der Waals surface area contributed by atoms with Crippen LogP contribution in [-0.4, -0.2) is 5.91 Å². The van der Waals surface area contributed by atoms with E-state index in [0.29, 0.717) is 0 Å². The highest BCUT2D eigenvalue weighted by Gasteiger charge is 2.03. The van der Waals surface area contributed by atoms with E-state index < -0.39 is 0 Å². The third-order valence-electron chi connectivity index (χ3n) is 2.57. The molecule has 88 valence electrons. The van der Waals surface area contributed by atoms with Crippen molar-refractivity contribution in [1.29, 1.82) is 0 Å². The van der Waals surface area contributed by atoms with Gasteiger partial charge < -0.3 is 5.32 Å². The number of hydrogen-bond donors (Lipinski definition) is 1. The molecule has 0 radical (unpaired) electrons. The summed E-state index contributed by atoms with van der Waals surface area (Å²) in [4.78, 5) is 11.0. The van der Waals surface area contributed by atoms with Gasteiger partial charge in [-0.2, -0.15) is 0 Å². The number of anilines is 1. The third kappa shape index (κ3) is 3.69. The number of rotatable bonds is 5. The molecular formula is C14H21NO. The number of amides is 1. The third-order valence-corrected chi connectivity index (χ3v) is 2.57. The first kappa shape index (κ1) is 12.8. The molecule has 0 bridgehead atoms. The number of carbonyl (C=O) groups is 1. The van der Waals surface area contributed by atoms with Gasteiger partial charge in [-0.25, -0.2) is 0 Å². The minimum absolute atomic E-state index is 0.00862. The van der Waals surface area contributed by atoms with Crippen LogP contribution in [0.1, 0.15) is 44.7 Å². The molecule has 1 rings (SSSR count). The Hall–Kier alpha value is -1.31. The minimum atomic E-state index is -0.00862. The molecule has 0 aliphatic carbocycles. The summed E-state index contributed by atoms with van der Waals surface area (Å²) in [5.41, 5.74) is 3.70. The van der Waals surface area contributed by atoms with Gasteiger partial charge in [0.1, 0.15) is 0 Å². The summed E-state index contributed by atoms with van der Waals surface area (Å²) in [6, 6.07) is 6.24. The molecule has 1 aromatic carbocycles.